The Morgan fingerprint density at radius 2 is 2.33 bits per heavy atom. The van der Waals surface area contributed by atoms with E-state index >= 15 is 0 Å². The van der Waals surface area contributed by atoms with Crippen LogP contribution in [-0.2, 0) is 9.53 Å². The summed E-state index contributed by atoms with van der Waals surface area (Å²) in [5, 5.41) is 8.99. The standard InChI is InChI=1S/C4H10O3SSi.C3H6/c5-1-4(6)7-2-9-3-8;1-3-2/h5,8H,1-3,9H2;3H,1H2,2H3. The fourth-order valence-corrected chi connectivity index (χ4v) is 1.18. The molecule has 0 amide bonds. The molecule has 1 N–H and O–H groups in total. The lowest BCUT2D eigenvalue weighted by Crippen LogP contribution is -2.14. The molecule has 0 radical (unpaired) electrons. The maximum absolute atomic E-state index is 10.2. The van der Waals surface area contributed by atoms with Crippen LogP contribution in [0.15, 0.2) is 12.7 Å². The van der Waals surface area contributed by atoms with Gasteiger partial charge in [-0.3, -0.25) is 0 Å². The predicted molar refractivity (Wildman–Crippen MR) is 56.3 cm³/mol. The van der Waals surface area contributed by atoms with Gasteiger partial charge in [0.05, 0.1) is 15.7 Å². The number of hydrogen-bond donors (Lipinski definition) is 2. The van der Waals surface area contributed by atoms with Crippen LogP contribution in [-0.4, -0.2) is 38.8 Å². The van der Waals surface area contributed by atoms with Gasteiger partial charge in [-0.05, 0) is 12.3 Å². The summed E-state index contributed by atoms with van der Waals surface area (Å²) in [6, 6.07) is 0. The summed E-state index contributed by atoms with van der Waals surface area (Å²) in [5.74, 6) is -0.538. The molecular formula is C7H16O3SSi. The largest absolute Gasteiger partial charge is 0.468 e. The molecule has 72 valence electrons. The zero-order valence-corrected chi connectivity index (χ0v) is 9.63. The van der Waals surface area contributed by atoms with E-state index in [4.69, 9.17) is 5.11 Å². The van der Waals surface area contributed by atoms with Gasteiger partial charge in [0.25, 0.3) is 0 Å². The summed E-state index contributed by atoms with van der Waals surface area (Å²) >= 11 is 3.96. The first-order valence-electron chi connectivity index (χ1n) is 3.67. The molecule has 0 aromatic heterocycles. The quantitative estimate of drug-likeness (QED) is 0.220. The van der Waals surface area contributed by atoms with Crippen molar-refractivity contribution < 1.29 is 14.6 Å². The molecule has 0 aliphatic carbocycles. The first-order valence-corrected chi connectivity index (χ1v) is 6.30. The van der Waals surface area contributed by atoms with Crippen molar-refractivity contribution in [3.63, 3.8) is 0 Å². The molecule has 0 aliphatic rings. The number of aliphatic hydroxyl groups excluding tert-OH is 1. The summed E-state index contributed by atoms with van der Waals surface area (Å²) in [4.78, 5) is 10.2. The lowest BCUT2D eigenvalue weighted by atomic mass is 10.8. The lowest BCUT2D eigenvalue weighted by molar-refractivity contribution is -0.144. The van der Waals surface area contributed by atoms with Crippen LogP contribution in [0.1, 0.15) is 6.92 Å². The van der Waals surface area contributed by atoms with Crippen molar-refractivity contribution >= 4 is 28.1 Å². The van der Waals surface area contributed by atoms with E-state index in [2.05, 4.69) is 23.9 Å². The maximum atomic E-state index is 10.2. The SMILES string of the molecule is C=CC.O=C(CO)OC[SiH2]CS. The number of carbonyl (C=O) groups excluding carboxylic acids is 1. The summed E-state index contributed by atoms with van der Waals surface area (Å²) < 4.78 is 4.56. The van der Waals surface area contributed by atoms with Gasteiger partial charge in [-0.15, -0.1) is 6.58 Å². The molecule has 0 saturated carbocycles. The molecule has 0 aromatic carbocycles. The number of allylic oxidation sites excluding steroid dienone is 1. The Kier molecular flexibility index (Phi) is 15.9. The third-order valence-electron chi connectivity index (χ3n) is 0.695. The van der Waals surface area contributed by atoms with E-state index in [0.29, 0.717) is 6.23 Å². The van der Waals surface area contributed by atoms with Crippen LogP contribution in [0, 0.1) is 0 Å². The normalized spacial score (nSPS) is 8.92. The number of hydrogen-bond acceptors (Lipinski definition) is 4. The average molecular weight is 208 g/mol. The smallest absolute Gasteiger partial charge is 0.331 e. The van der Waals surface area contributed by atoms with E-state index in [1.54, 1.807) is 6.08 Å². The van der Waals surface area contributed by atoms with Gasteiger partial charge in [0.2, 0.25) is 0 Å². The first-order chi connectivity index (χ1) is 5.72. The third-order valence-corrected chi connectivity index (χ3v) is 2.45. The molecule has 0 spiro atoms. The van der Waals surface area contributed by atoms with Crippen LogP contribution < -0.4 is 0 Å². The molecule has 0 unspecified atom stereocenters. The molecule has 0 bridgehead atoms. The van der Waals surface area contributed by atoms with E-state index in [-0.39, 0.29) is 9.52 Å². The van der Waals surface area contributed by atoms with Gasteiger partial charge >= 0.3 is 5.97 Å². The molecule has 0 rings (SSSR count). The van der Waals surface area contributed by atoms with Crippen LogP contribution in [0.5, 0.6) is 0 Å². The number of rotatable bonds is 4. The number of aliphatic hydroxyl groups is 1. The number of ether oxygens (including phenoxy) is 1. The van der Waals surface area contributed by atoms with Gasteiger partial charge in [-0.1, -0.05) is 6.08 Å². The predicted octanol–water partition coefficient (Wildman–Crippen LogP) is -0.272. The summed E-state index contributed by atoms with van der Waals surface area (Å²) in [6.45, 7) is 4.74. The highest BCUT2D eigenvalue weighted by Crippen LogP contribution is 1.76. The Balaban J connectivity index is 0. The van der Waals surface area contributed by atoms with Gasteiger partial charge in [0, 0.05) is 0 Å². The topological polar surface area (TPSA) is 46.5 Å². The van der Waals surface area contributed by atoms with E-state index in [0.717, 1.165) is 5.38 Å². The van der Waals surface area contributed by atoms with Crippen molar-refractivity contribution in [2.45, 2.75) is 6.92 Å². The summed E-state index contributed by atoms with van der Waals surface area (Å²) in [5.41, 5.74) is 0. The average Bonchev–Trinajstić information content (AvgIpc) is 2.06. The molecule has 0 aromatic rings. The Bertz CT molecular complexity index is 119. The van der Waals surface area contributed by atoms with Gasteiger partial charge in [0.1, 0.15) is 6.61 Å². The first kappa shape index (κ1) is 14.3. The van der Waals surface area contributed by atoms with Gasteiger partial charge in [-0.25, -0.2) is 4.79 Å². The van der Waals surface area contributed by atoms with Crippen molar-refractivity contribution in [2.75, 3.05) is 18.2 Å². The Morgan fingerprint density at radius 3 is 2.67 bits per heavy atom. The monoisotopic (exact) mass is 208 g/mol. The molecule has 12 heavy (non-hydrogen) atoms. The van der Waals surface area contributed by atoms with E-state index in [1.165, 1.54) is 0 Å². The minimum atomic E-state index is -0.538. The second kappa shape index (κ2) is 13.3. The molecule has 0 heterocycles. The Morgan fingerprint density at radius 1 is 1.83 bits per heavy atom. The Hall–Kier alpha value is -0.263. The fourth-order valence-electron chi connectivity index (χ4n) is 0.296. The van der Waals surface area contributed by atoms with Crippen molar-refractivity contribution in [3.8, 4) is 0 Å². The van der Waals surface area contributed by atoms with Crippen molar-refractivity contribution in [1.82, 2.24) is 0 Å². The molecule has 0 saturated heterocycles. The van der Waals surface area contributed by atoms with E-state index in [1.807, 2.05) is 6.92 Å². The summed E-state index contributed by atoms with van der Waals surface area (Å²) in [6.07, 6.45) is 2.24. The minimum absolute atomic E-state index is 0.320. The van der Waals surface area contributed by atoms with Crippen molar-refractivity contribution in [3.05, 3.63) is 12.7 Å². The minimum Gasteiger partial charge on any atom is -0.468 e. The summed E-state index contributed by atoms with van der Waals surface area (Å²) in [7, 11) is -0.320. The third kappa shape index (κ3) is 16.4. The van der Waals surface area contributed by atoms with E-state index < -0.39 is 12.6 Å². The molecular weight excluding hydrogens is 192 g/mol. The number of thiol groups is 1. The Labute approximate surface area is 81.0 Å². The van der Waals surface area contributed by atoms with Gasteiger partial charge in [0.15, 0.2) is 0 Å². The van der Waals surface area contributed by atoms with Crippen LogP contribution in [0.2, 0.25) is 0 Å². The lowest BCUT2D eigenvalue weighted by Gasteiger charge is -1.98. The number of carbonyl (C=O) groups is 1. The van der Waals surface area contributed by atoms with E-state index in [9.17, 15) is 4.79 Å². The van der Waals surface area contributed by atoms with Gasteiger partial charge in [-0.2, -0.15) is 12.6 Å². The molecule has 0 atom stereocenters. The van der Waals surface area contributed by atoms with Crippen LogP contribution in [0.25, 0.3) is 0 Å². The molecule has 0 fully saturated rings. The maximum Gasteiger partial charge on any atom is 0.331 e. The van der Waals surface area contributed by atoms with Crippen molar-refractivity contribution in [2.24, 2.45) is 0 Å². The second-order valence-electron chi connectivity index (χ2n) is 1.86. The van der Waals surface area contributed by atoms with Crippen LogP contribution in [0.4, 0.5) is 0 Å². The fraction of sp³-hybridized carbons (Fsp3) is 0.571. The second-order valence-corrected chi connectivity index (χ2v) is 4.77. The van der Waals surface area contributed by atoms with Crippen LogP contribution >= 0.6 is 12.6 Å². The molecule has 3 nitrogen and oxygen atoms in total. The highest BCUT2D eigenvalue weighted by Gasteiger charge is 1.96. The zero-order chi connectivity index (χ0) is 9.82. The number of esters is 1. The highest BCUT2D eigenvalue weighted by atomic mass is 32.1. The van der Waals surface area contributed by atoms with Crippen molar-refractivity contribution in [1.29, 1.82) is 0 Å². The highest BCUT2D eigenvalue weighted by molar-refractivity contribution is 7.81. The van der Waals surface area contributed by atoms with Gasteiger partial charge < -0.3 is 9.84 Å². The molecule has 5 heteroatoms. The van der Waals surface area contributed by atoms with Crippen LogP contribution in [0.3, 0.4) is 0 Å². The molecule has 0 aliphatic heterocycles. The zero-order valence-electron chi connectivity index (χ0n) is 7.32.